The Kier molecular flexibility index (Phi) is 3.44. The molecule has 0 radical (unpaired) electrons. The fourth-order valence-corrected chi connectivity index (χ4v) is 6.08. The predicted molar refractivity (Wildman–Crippen MR) is 124 cm³/mol. The molecule has 6 rings (SSSR count). The quantitative estimate of drug-likeness (QED) is 0.364. The lowest BCUT2D eigenvalue weighted by Gasteiger charge is -2.21. The molecule has 1 aliphatic rings. The van der Waals surface area contributed by atoms with Gasteiger partial charge in [0.25, 0.3) is 0 Å². The molecule has 5 aromatic rings. The fourth-order valence-electron chi connectivity index (χ4n) is 4.93. The third-order valence-electron chi connectivity index (χ3n) is 6.36. The van der Waals surface area contributed by atoms with E-state index < -0.39 is 0 Å². The monoisotopic (exact) mass is 394 g/mol. The predicted octanol–water partition coefficient (Wildman–Crippen LogP) is 6.15. The Labute approximate surface area is 173 Å². The summed E-state index contributed by atoms with van der Waals surface area (Å²) in [6.45, 7) is 4.59. The molecule has 4 aromatic carbocycles. The second-order valence-electron chi connectivity index (χ2n) is 8.26. The number of hydrogen-bond acceptors (Lipinski definition) is 3. The van der Waals surface area contributed by atoms with Gasteiger partial charge in [0.05, 0.1) is 0 Å². The van der Waals surface area contributed by atoms with Gasteiger partial charge in [-0.05, 0) is 63.4 Å². The topological polar surface area (TPSA) is 29.5 Å². The van der Waals surface area contributed by atoms with Crippen molar-refractivity contribution >= 4 is 50.0 Å². The van der Waals surface area contributed by atoms with Gasteiger partial charge in [0.1, 0.15) is 5.75 Å². The molecule has 2 nitrogen and oxygen atoms in total. The van der Waals surface area contributed by atoms with Gasteiger partial charge in [-0.25, -0.2) is 0 Å². The zero-order valence-electron chi connectivity index (χ0n) is 16.3. The van der Waals surface area contributed by atoms with Crippen LogP contribution in [0.3, 0.4) is 0 Å². The standard InChI is InChI=1S/C25H19BO2S/c1-25(2)20-9-8-15(28-26-27)11-17(20)18-13-23-19(12-21(18)25)24-16-6-4-3-5-14(16)7-10-22(24)29-23/h3-13,26-27H,1-2H3. The third kappa shape index (κ3) is 2.27. The van der Waals surface area contributed by atoms with E-state index in [1.165, 1.54) is 53.2 Å². The molecule has 1 aliphatic carbocycles. The van der Waals surface area contributed by atoms with Gasteiger partial charge in [0, 0.05) is 25.6 Å². The van der Waals surface area contributed by atoms with Gasteiger partial charge in [-0.1, -0.05) is 50.2 Å². The summed E-state index contributed by atoms with van der Waals surface area (Å²) in [5.41, 5.74) is 5.07. The highest BCUT2D eigenvalue weighted by atomic mass is 32.1. The van der Waals surface area contributed by atoms with Gasteiger partial charge in [0.15, 0.2) is 0 Å². The first-order chi connectivity index (χ1) is 14.1. The van der Waals surface area contributed by atoms with Gasteiger partial charge >= 0.3 is 7.69 Å². The molecule has 0 fully saturated rings. The summed E-state index contributed by atoms with van der Waals surface area (Å²) in [6, 6.07) is 24.0. The van der Waals surface area contributed by atoms with Crippen LogP contribution < -0.4 is 4.65 Å². The molecule has 4 heteroatoms. The molecular formula is C25H19BO2S. The average Bonchev–Trinajstić information content (AvgIpc) is 3.20. The average molecular weight is 394 g/mol. The maximum absolute atomic E-state index is 9.15. The summed E-state index contributed by atoms with van der Waals surface area (Å²) in [4.78, 5) is 0. The summed E-state index contributed by atoms with van der Waals surface area (Å²) in [5, 5.41) is 14.5. The second kappa shape index (κ2) is 5.85. The van der Waals surface area contributed by atoms with E-state index in [1.807, 2.05) is 17.4 Å². The number of hydrogen-bond donors (Lipinski definition) is 1. The lowest BCUT2D eigenvalue weighted by molar-refractivity contribution is 0.454. The van der Waals surface area contributed by atoms with Crippen LogP contribution in [0.2, 0.25) is 0 Å². The fraction of sp³-hybridized carbons (Fsp3) is 0.120. The molecule has 0 bridgehead atoms. The molecule has 0 saturated heterocycles. The highest BCUT2D eigenvalue weighted by Crippen LogP contribution is 2.52. The normalized spacial score (nSPS) is 14.3. The Bertz CT molecular complexity index is 1450. The maximum Gasteiger partial charge on any atom is 0.504 e. The summed E-state index contributed by atoms with van der Waals surface area (Å²) >= 11 is 1.86. The first-order valence-electron chi connectivity index (χ1n) is 9.85. The Hall–Kier alpha value is -2.82. The molecule has 29 heavy (non-hydrogen) atoms. The number of benzene rings is 4. The van der Waals surface area contributed by atoms with Gasteiger partial charge < -0.3 is 9.68 Å². The van der Waals surface area contributed by atoms with Crippen LogP contribution in [-0.4, -0.2) is 12.7 Å². The van der Waals surface area contributed by atoms with Crippen LogP contribution in [0, 0.1) is 0 Å². The first kappa shape index (κ1) is 17.1. The Morgan fingerprint density at radius 2 is 1.66 bits per heavy atom. The minimum Gasteiger partial charge on any atom is -0.539 e. The van der Waals surface area contributed by atoms with E-state index in [1.54, 1.807) is 0 Å². The van der Waals surface area contributed by atoms with Crippen molar-refractivity contribution < 1.29 is 9.68 Å². The Morgan fingerprint density at radius 3 is 2.52 bits per heavy atom. The number of rotatable bonds is 2. The highest BCUT2D eigenvalue weighted by Gasteiger charge is 2.36. The van der Waals surface area contributed by atoms with E-state index in [2.05, 4.69) is 74.5 Å². The van der Waals surface area contributed by atoms with E-state index in [-0.39, 0.29) is 13.1 Å². The summed E-state index contributed by atoms with van der Waals surface area (Å²) < 4.78 is 8.00. The molecular weight excluding hydrogens is 375 g/mol. The van der Waals surface area contributed by atoms with Crippen molar-refractivity contribution in [1.82, 2.24) is 0 Å². The van der Waals surface area contributed by atoms with E-state index in [9.17, 15) is 0 Å². The van der Waals surface area contributed by atoms with Crippen LogP contribution in [0.25, 0.3) is 42.1 Å². The van der Waals surface area contributed by atoms with E-state index in [4.69, 9.17) is 9.68 Å². The summed E-state index contributed by atoms with van der Waals surface area (Å²) in [5.74, 6) is 0.706. The Morgan fingerprint density at radius 1 is 0.828 bits per heavy atom. The number of fused-ring (bicyclic) bond motifs is 8. The molecule has 140 valence electrons. The van der Waals surface area contributed by atoms with Crippen LogP contribution in [0.1, 0.15) is 25.0 Å². The molecule has 1 heterocycles. The third-order valence-corrected chi connectivity index (χ3v) is 7.48. The highest BCUT2D eigenvalue weighted by molar-refractivity contribution is 7.26. The van der Waals surface area contributed by atoms with E-state index in [0.717, 1.165) is 0 Å². The lowest BCUT2D eigenvalue weighted by Crippen LogP contribution is -2.14. The van der Waals surface area contributed by atoms with Crippen LogP contribution in [0.15, 0.2) is 66.7 Å². The van der Waals surface area contributed by atoms with Gasteiger partial charge in [-0.15, -0.1) is 11.3 Å². The first-order valence-corrected chi connectivity index (χ1v) is 10.7. The van der Waals surface area contributed by atoms with Crippen LogP contribution in [0.5, 0.6) is 5.75 Å². The summed E-state index contributed by atoms with van der Waals surface area (Å²) in [7, 11) is -0.308. The van der Waals surface area contributed by atoms with Crippen molar-refractivity contribution in [2.45, 2.75) is 19.3 Å². The van der Waals surface area contributed by atoms with Crippen LogP contribution >= 0.6 is 11.3 Å². The van der Waals surface area contributed by atoms with Crippen LogP contribution in [0.4, 0.5) is 0 Å². The van der Waals surface area contributed by atoms with E-state index in [0.29, 0.717) is 5.75 Å². The van der Waals surface area contributed by atoms with Crippen LogP contribution in [-0.2, 0) is 5.41 Å². The minimum atomic E-state index is -0.308. The zero-order chi connectivity index (χ0) is 19.8. The van der Waals surface area contributed by atoms with Crippen molar-refractivity contribution in [3.8, 4) is 16.9 Å². The smallest absolute Gasteiger partial charge is 0.504 e. The van der Waals surface area contributed by atoms with Gasteiger partial charge in [-0.3, -0.25) is 0 Å². The van der Waals surface area contributed by atoms with E-state index >= 15 is 0 Å². The zero-order valence-corrected chi connectivity index (χ0v) is 17.1. The lowest BCUT2D eigenvalue weighted by atomic mass is 9.82. The largest absolute Gasteiger partial charge is 0.539 e. The molecule has 0 aliphatic heterocycles. The van der Waals surface area contributed by atoms with Crippen molar-refractivity contribution in [3.05, 3.63) is 77.9 Å². The second-order valence-corrected chi connectivity index (χ2v) is 9.35. The molecule has 0 unspecified atom stereocenters. The minimum absolute atomic E-state index is 0.0740. The van der Waals surface area contributed by atoms with Crippen molar-refractivity contribution in [2.24, 2.45) is 0 Å². The van der Waals surface area contributed by atoms with Crippen molar-refractivity contribution in [1.29, 1.82) is 0 Å². The SMILES string of the molecule is CC1(C)c2ccc(OBO)cc2-c2cc3sc4ccc5ccccc5c4c3cc21. The Balaban J connectivity index is 1.70. The molecule has 1 N–H and O–H groups in total. The molecule has 0 saturated carbocycles. The van der Waals surface area contributed by atoms with Crippen molar-refractivity contribution in [2.75, 3.05) is 0 Å². The molecule has 0 spiro atoms. The molecule has 1 aromatic heterocycles. The molecule has 0 atom stereocenters. The molecule has 0 amide bonds. The maximum atomic E-state index is 9.15. The summed E-state index contributed by atoms with van der Waals surface area (Å²) in [6.07, 6.45) is 0. The van der Waals surface area contributed by atoms with Crippen molar-refractivity contribution in [3.63, 3.8) is 0 Å². The van der Waals surface area contributed by atoms with Gasteiger partial charge in [0.2, 0.25) is 0 Å². The number of thiophene rings is 1. The van der Waals surface area contributed by atoms with Gasteiger partial charge in [-0.2, -0.15) is 0 Å².